The van der Waals surface area contributed by atoms with E-state index in [1.54, 1.807) is 0 Å². The van der Waals surface area contributed by atoms with Crippen molar-refractivity contribution in [3.8, 4) is 0 Å². The number of carboxylic acid groups (broad SMARTS) is 1. The molecule has 0 aromatic heterocycles. The quantitative estimate of drug-likeness (QED) is 0.595. The molecule has 0 saturated carbocycles. The molecule has 0 aliphatic carbocycles. The predicted molar refractivity (Wildman–Crippen MR) is 137 cm³/mol. The van der Waals surface area contributed by atoms with Crippen LogP contribution in [0.4, 0.5) is 17.1 Å². The minimum atomic E-state index is -0.944. The van der Waals surface area contributed by atoms with E-state index < -0.39 is 5.97 Å². The molecule has 1 saturated heterocycles. The lowest BCUT2D eigenvalue weighted by molar-refractivity contribution is -0.312. The molecule has 180 valence electrons. The molecule has 33 heavy (non-hydrogen) atoms. The zero-order valence-corrected chi connectivity index (χ0v) is 21.7. The maximum Gasteiger partial charge on any atom is 0.0480 e. The van der Waals surface area contributed by atoms with Crippen LogP contribution in [-0.4, -0.2) is 25.6 Å². The Bertz CT molecular complexity index is 975. The molecule has 2 heterocycles. The molecule has 4 nitrogen and oxygen atoms in total. The zero-order chi connectivity index (χ0) is 24.6. The molecule has 0 unspecified atom stereocenters. The van der Waals surface area contributed by atoms with Gasteiger partial charge in [-0.05, 0) is 58.6 Å². The van der Waals surface area contributed by atoms with Crippen molar-refractivity contribution in [1.29, 1.82) is 0 Å². The second-order valence-corrected chi connectivity index (χ2v) is 12.4. The molecular weight excluding hydrogens is 408 g/mol. The topological polar surface area (TPSA) is 46.6 Å². The standard InChI is InChI=1S/C24H30N2O2.C5H12/c1-16(2)17-8-9-22-18(10-17)12-24(3,4)15-26(22)21-7-5-6-20(11-21)25-13-19(14-25)23(27)28;1-5(2,3)4/h5-11,16,19H,12-15H2,1-4H3,(H,27,28);1-4H3/p-1. The summed E-state index contributed by atoms with van der Waals surface area (Å²) in [4.78, 5) is 15.5. The first-order valence-electron chi connectivity index (χ1n) is 12.2. The summed E-state index contributed by atoms with van der Waals surface area (Å²) in [5, 5.41) is 11.0. The van der Waals surface area contributed by atoms with Crippen LogP contribution in [0, 0.1) is 16.7 Å². The van der Waals surface area contributed by atoms with E-state index in [2.05, 4.69) is 108 Å². The van der Waals surface area contributed by atoms with E-state index in [9.17, 15) is 9.90 Å². The minimum absolute atomic E-state index is 0.190. The normalized spacial score (nSPS) is 17.7. The number of hydrogen-bond acceptors (Lipinski definition) is 4. The number of rotatable bonds is 4. The highest BCUT2D eigenvalue weighted by Gasteiger charge is 2.32. The number of aliphatic carboxylic acids is 1. The number of fused-ring (bicyclic) bond motifs is 1. The van der Waals surface area contributed by atoms with Gasteiger partial charge in [0.15, 0.2) is 0 Å². The van der Waals surface area contributed by atoms with Gasteiger partial charge in [-0.3, -0.25) is 0 Å². The van der Waals surface area contributed by atoms with E-state index in [4.69, 9.17) is 0 Å². The minimum Gasteiger partial charge on any atom is -0.550 e. The highest BCUT2D eigenvalue weighted by Crippen LogP contribution is 2.42. The maximum atomic E-state index is 11.0. The van der Waals surface area contributed by atoms with Crippen molar-refractivity contribution in [3.63, 3.8) is 0 Å². The summed E-state index contributed by atoms with van der Waals surface area (Å²) in [5.41, 5.74) is 7.03. The van der Waals surface area contributed by atoms with Gasteiger partial charge in [0.2, 0.25) is 0 Å². The molecule has 2 aliphatic heterocycles. The maximum absolute atomic E-state index is 11.0. The van der Waals surface area contributed by atoms with Crippen LogP contribution in [0.1, 0.15) is 72.4 Å². The molecule has 1 fully saturated rings. The van der Waals surface area contributed by atoms with E-state index in [1.807, 2.05) is 0 Å². The van der Waals surface area contributed by atoms with Crippen LogP contribution in [-0.2, 0) is 11.2 Å². The van der Waals surface area contributed by atoms with Crippen LogP contribution < -0.4 is 14.9 Å². The Hall–Kier alpha value is -2.49. The molecule has 0 amide bonds. The second-order valence-electron chi connectivity index (χ2n) is 12.4. The molecule has 2 aromatic carbocycles. The van der Waals surface area contributed by atoms with Crippen molar-refractivity contribution in [2.24, 2.45) is 16.7 Å². The van der Waals surface area contributed by atoms with Crippen molar-refractivity contribution in [2.45, 2.75) is 67.7 Å². The summed E-state index contributed by atoms with van der Waals surface area (Å²) in [5.74, 6) is -0.775. The number of carboxylic acids is 1. The lowest BCUT2D eigenvalue weighted by Crippen LogP contribution is -2.54. The fourth-order valence-electron chi connectivity index (χ4n) is 4.38. The number of carbonyl (C=O) groups is 1. The summed E-state index contributed by atoms with van der Waals surface area (Å²) in [6.07, 6.45) is 1.08. The first-order valence-corrected chi connectivity index (χ1v) is 12.2. The van der Waals surface area contributed by atoms with Crippen molar-refractivity contribution >= 4 is 23.0 Å². The monoisotopic (exact) mass is 449 g/mol. The molecule has 0 bridgehead atoms. The van der Waals surface area contributed by atoms with Crippen LogP contribution in [0.5, 0.6) is 0 Å². The zero-order valence-electron chi connectivity index (χ0n) is 21.7. The number of anilines is 3. The van der Waals surface area contributed by atoms with Gasteiger partial charge in [0.1, 0.15) is 0 Å². The van der Waals surface area contributed by atoms with E-state index >= 15 is 0 Å². The second kappa shape index (κ2) is 9.40. The smallest absolute Gasteiger partial charge is 0.0480 e. The first-order chi connectivity index (χ1) is 15.2. The van der Waals surface area contributed by atoms with Crippen molar-refractivity contribution < 1.29 is 9.90 Å². The van der Waals surface area contributed by atoms with Crippen LogP contribution in [0.25, 0.3) is 0 Å². The third-order valence-corrected chi connectivity index (χ3v) is 6.04. The number of benzene rings is 2. The Morgan fingerprint density at radius 3 is 2.21 bits per heavy atom. The molecule has 2 aliphatic rings. The van der Waals surface area contributed by atoms with Gasteiger partial charge < -0.3 is 19.7 Å². The van der Waals surface area contributed by atoms with Gasteiger partial charge in [-0.25, -0.2) is 0 Å². The molecule has 2 aromatic rings. The number of nitrogens with zero attached hydrogens (tertiary/aromatic N) is 2. The van der Waals surface area contributed by atoms with Crippen LogP contribution in [0.3, 0.4) is 0 Å². The predicted octanol–water partition coefficient (Wildman–Crippen LogP) is 5.77. The van der Waals surface area contributed by atoms with Gasteiger partial charge in [0.25, 0.3) is 0 Å². The summed E-state index contributed by atoms with van der Waals surface area (Å²) in [6.45, 7) is 19.9. The van der Waals surface area contributed by atoms with Crippen molar-refractivity contribution in [2.75, 3.05) is 29.4 Å². The molecule has 4 rings (SSSR count). The number of carbonyl (C=O) groups excluding carboxylic acids is 1. The molecule has 0 spiro atoms. The van der Waals surface area contributed by atoms with E-state index in [0.29, 0.717) is 24.4 Å². The Morgan fingerprint density at radius 1 is 1.03 bits per heavy atom. The van der Waals surface area contributed by atoms with Crippen LogP contribution in [0.15, 0.2) is 42.5 Å². The Labute approximate surface area is 200 Å². The van der Waals surface area contributed by atoms with Gasteiger partial charge in [0, 0.05) is 48.6 Å². The summed E-state index contributed by atoms with van der Waals surface area (Å²) in [7, 11) is 0. The highest BCUT2D eigenvalue weighted by atomic mass is 16.4. The first kappa shape index (κ1) is 25.1. The summed E-state index contributed by atoms with van der Waals surface area (Å²) < 4.78 is 0. The average Bonchev–Trinajstić information content (AvgIpc) is 2.63. The molecule has 0 radical (unpaired) electrons. The summed E-state index contributed by atoms with van der Waals surface area (Å²) >= 11 is 0. The lowest BCUT2D eigenvalue weighted by atomic mass is 9.80. The fraction of sp³-hybridized carbons (Fsp3) is 0.552. The number of hydrogen-bond donors (Lipinski definition) is 0. The van der Waals surface area contributed by atoms with Gasteiger partial charge in [0.05, 0.1) is 0 Å². The van der Waals surface area contributed by atoms with Gasteiger partial charge in [-0.15, -0.1) is 0 Å². The fourth-order valence-corrected chi connectivity index (χ4v) is 4.38. The Kier molecular flexibility index (Phi) is 7.16. The SMILES string of the molecule is CC(C)(C)C.CC(C)c1ccc2c(c1)CC(C)(C)CN2c1cccc(N2CC(C(=O)[O-])C2)c1. The lowest BCUT2D eigenvalue weighted by Gasteiger charge is -2.43. The van der Waals surface area contributed by atoms with Crippen molar-refractivity contribution in [1.82, 2.24) is 0 Å². The van der Waals surface area contributed by atoms with Gasteiger partial charge >= 0.3 is 0 Å². The van der Waals surface area contributed by atoms with E-state index in [0.717, 1.165) is 18.7 Å². The van der Waals surface area contributed by atoms with Crippen molar-refractivity contribution in [3.05, 3.63) is 53.6 Å². The Morgan fingerprint density at radius 2 is 1.64 bits per heavy atom. The summed E-state index contributed by atoms with van der Waals surface area (Å²) in [6, 6.07) is 15.4. The third kappa shape index (κ3) is 6.52. The largest absolute Gasteiger partial charge is 0.550 e. The molecular formula is C29H41N2O2-. The molecule has 0 atom stereocenters. The van der Waals surface area contributed by atoms with E-state index in [1.165, 1.54) is 22.5 Å². The van der Waals surface area contributed by atoms with Crippen LogP contribution in [0.2, 0.25) is 0 Å². The average molecular weight is 450 g/mol. The molecule has 0 N–H and O–H groups in total. The van der Waals surface area contributed by atoms with E-state index in [-0.39, 0.29) is 11.3 Å². The Balaban J connectivity index is 0.000000555. The highest BCUT2D eigenvalue weighted by molar-refractivity contribution is 5.75. The van der Waals surface area contributed by atoms with Crippen LogP contribution >= 0.6 is 0 Å². The third-order valence-electron chi connectivity index (χ3n) is 6.04. The van der Waals surface area contributed by atoms with Gasteiger partial charge in [-0.2, -0.15) is 0 Å². The molecule has 4 heteroatoms. The van der Waals surface area contributed by atoms with Gasteiger partial charge in [-0.1, -0.05) is 73.6 Å².